The van der Waals surface area contributed by atoms with Crippen LogP contribution in [-0.2, 0) is 0 Å². The Hall–Kier alpha value is -0.860. The first-order valence-electron chi connectivity index (χ1n) is 9.05. The van der Waals surface area contributed by atoms with Gasteiger partial charge in [0.05, 0.1) is 0 Å². The fraction of sp³-hybridized carbons (Fsp3) is 0.909. The number of hydrogen-bond acceptors (Lipinski definition) is 3. The molecule has 1 fully saturated rings. The topological polar surface area (TPSA) is 38.9 Å². The predicted molar refractivity (Wildman–Crippen MR) is 115 cm³/mol. The highest BCUT2D eigenvalue weighted by Crippen LogP contribution is 2.39. The van der Waals surface area contributed by atoms with Crippen molar-refractivity contribution >= 4 is 0 Å². The summed E-state index contributed by atoms with van der Waals surface area (Å²) in [6.45, 7) is 17.6. The minimum atomic E-state index is 0. The molecule has 1 aromatic rings. The van der Waals surface area contributed by atoms with Crippen molar-refractivity contribution in [1.29, 1.82) is 0 Å². The maximum absolute atomic E-state index is 5.38. The van der Waals surface area contributed by atoms with E-state index in [1.807, 2.05) is 27.7 Å². The molecule has 2 rings (SSSR count). The molecule has 25 heavy (non-hydrogen) atoms. The van der Waals surface area contributed by atoms with Gasteiger partial charge >= 0.3 is 0 Å². The first kappa shape index (κ1) is 28.9. The Balaban J connectivity index is -0.000000161. The zero-order valence-corrected chi connectivity index (χ0v) is 15.9. The molecule has 1 aromatic heterocycles. The van der Waals surface area contributed by atoms with Crippen LogP contribution in [0.2, 0.25) is 0 Å². The lowest BCUT2D eigenvalue weighted by atomic mass is 9.89. The van der Waals surface area contributed by atoms with Gasteiger partial charge in [0.15, 0.2) is 0 Å². The second kappa shape index (κ2) is 13.4. The summed E-state index contributed by atoms with van der Waals surface area (Å²) in [6.07, 6.45) is 4.47. The maximum atomic E-state index is 5.38. The third-order valence-corrected chi connectivity index (χ3v) is 4.84. The van der Waals surface area contributed by atoms with E-state index < -0.39 is 0 Å². The summed E-state index contributed by atoms with van der Waals surface area (Å²) in [7, 11) is 0. The normalized spacial score (nSPS) is 19.2. The summed E-state index contributed by atoms with van der Waals surface area (Å²) in [5, 5.41) is 7.84. The Bertz CT molecular complexity index is 391. The van der Waals surface area contributed by atoms with Gasteiger partial charge in [-0.1, -0.05) is 77.7 Å². The van der Waals surface area contributed by atoms with E-state index in [2.05, 4.69) is 37.9 Å². The molecule has 0 saturated heterocycles. The second-order valence-electron chi connectivity index (χ2n) is 8.11. The van der Waals surface area contributed by atoms with Crippen LogP contribution in [0, 0.1) is 23.7 Å². The highest BCUT2D eigenvalue weighted by atomic mass is 16.4. The van der Waals surface area contributed by atoms with E-state index >= 15 is 0 Å². The Kier molecular flexibility index (Phi) is 15.5. The summed E-state index contributed by atoms with van der Waals surface area (Å²) >= 11 is 0. The molecule has 1 saturated carbocycles. The van der Waals surface area contributed by atoms with Crippen molar-refractivity contribution in [2.45, 2.75) is 109 Å². The van der Waals surface area contributed by atoms with E-state index in [4.69, 9.17) is 4.42 Å². The molecule has 154 valence electrons. The van der Waals surface area contributed by atoms with Gasteiger partial charge < -0.3 is 4.42 Å². The van der Waals surface area contributed by atoms with Crippen molar-refractivity contribution in [1.82, 2.24) is 10.2 Å². The zero-order chi connectivity index (χ0) is 16.9. The van der Waals surface area contributed by atoms with Crippen molar-refractivity contribution in [3.63, 3.8) is 0 Å². The molecule has 0 amide bonds. The monoisotopic (exact) mass is 359 g/mol. The molecule has 0 N–H and O–H groups in total. The fourth-order valence-corrected chi connectivity index (χ4v) is 2.98. The van der Waals surface area contributed by atoms with Gasteiger partial charge in [0.2, 0.25) is 11.8 Å². The Morgan fingerprint density at radius 2 is 1.04 bits per heavy atom. The molecule has 0 bridgehead atoms. The number of nitrogens with zero attached hydrogens (tertiary/aromatic N) is 2. The van der Waals surface area contributed by atoms with Crippen LogP contribution in [0.25, 0.3) is 0 Å². The Labute approximate surface area is 160 Å². The summed E-state index contributed by atoms with van der Waals surface area (Å²) < 4.78 is 5.38. The van der Waals surface area contributed by atoms with Crippen LogP contribution < -0.4 is 0 Å². The maximum Gasteiger partial charge on any atom is 0.219 e. The second-order valence-corrected chi connectivity index (χ2v) is 8.11. The Morgan fingerprint density at radius 3 is 1.20 bits per heavy atom. The lowest BCUT2D eigenvalue weighted by molar-refractivity contribution is 0.340. The van der Waals surface area contributed by atoms with E-state index in [1.54, 1.807) is 0 Å². The highest BCUT2D eigenvalue weighted by Gasteiger charge is 2.28. The van der Waals surface area contributed by atoms with Crippen molar-refractivity contribution in [3.8, 4) is 0 Å². The first-order chi connectivity index (χ1) is 10.2. The largest absolute Gasteiger partial charge is 0.425 e. The van der Waals surface area contributed by atoms with Gasteiger partial charge in [-0.3, -0.25) is 0 Å². The highest BCUT2D eigenvalue weighted by molar-refractivity contribution is 4.90. The zero-order valence-electron chi connectivity index (χ0n) is 15.9. The molecular formula is C22H50N2O. The average Bonchev–Trinajstić information content (AvgIpc) is 3.09. The van der Waals surface area contributed by atoms with E-state index in [9.17, 15) is 0 Å². The van der Waals surface area contributed by atoms with Crippen LogP contribution in [0.4, 0.5) is 0 Å². The first-order valence-corrected chi connectivity index (χ1v) is 9.05. The third-order valence-electron chi connectivity index (χ3n) is 4.84. The van der Waals surface area contributed by atoms with Gasteiger partial charge in [-0.2, -0.15) is 0 Å². The molecule has 1 aliphatic rings. The van der Waals surface area contributed by atoms with Crippen LogP contribution in [-0.4, -0.2) is 10.2 Å². The molecule has 2 unspecified atom stereocenters. The van der Waals surface area contributed by atoms with Gasteiger partial charge in [-0.25, -0.2) is 0 Å². The standard InChI is InChI=1S/C11H22.C8H14N2O.3CH4.H2/c1-8(2)10-5-6-11(7-10)9(3)4;1-5(2)7-9-10-8(11-7)6(3)4;;;;/h8-11H,5-7H2,1-4H3;5-6H,1-4H3;3*1H4;1H/i;;;;;1+1. The van der Waals surface area contributed by atoms with Crippen LogP contribution >= 0.6 is 0 Å². The lowest BCUT2D eigenvalue weighted by Gasteiger charge is -2.16. The SMILES string of the molecule is C.C.C.CC(C)C1CCC(C(C)C)C1.CC(C)c1nnc(C(C)C)o1.[2HH]. The van der Waals surface area contributed by atoms with E-state index in [0.29, 0.717) is 11.8 Å². The number of hydrogen-bond donors (Lipinski definition) is 0. The molecule has 1 aliphatic carbocycles. The summed E-state index contributed by atoms with van der Waals surface area (Å²) in [5.74, 6) is 6.01. The van der Waals surface area contributed by atoms with Gasteiger partial charge in [0, 0.05) is 13.3 Å². The molecule has 3 nitrogen and oxygen atoms in total. The van der Waals surface area contributed by atoms with Crippen LogP contribution in [0.3, 0.4) is 0 Å². The third kappa shape index (κ3) is 9.42. The van der Waals surface area contributed by atoms with Crippen molar-refractivity contribution < 1.29 is 5.84 Å². The van der Waals surface area contributed by atoms with Crippen LogP contribution in [0.15, 0.2) is 4.42 Å². The molecule has 0 radical (unpaired) electrons. The lowest BCUT2D eigenvalue weighted by Crippen LogP contribution is -2.07. The molecule has 3 heteroatoms. The molecule has 1 heterocycles. The molecule has 0 spiro atoms. The molecule has 2 atom stereocenters. The predicted octanol–water partition coefficient (Wildman–Crippen LogP) is 8.19. The van der Waals surface area contributed by atoms with Crippen molar-refractivity contribution in [3.05, 3.63) is 11.8 Å². The number of aromatic nitrogens is 2. The van der Waals surface area contributed by atoms with Gasteiger partial charge in [0.25, 0.3) is 0 Å². The van der Waals surface area contributed by atoms with E-state index in [-0.39, 0.29) is 23.7 Å². The van der Waals surface area contributed by atoms with Gasteiger partial charge in [-0.15, -0.1) is 10.2 Å². The van der Waals surface area contributed by atoms with Crippen LogP contribution in [0.5, 0.6) is 0 Å². The molecule has 0 aromatic carbocycles. The minimum absolute atomic E-state index is 0. The quantitative estimate of drug-likeness (QED) is 0.544. The average molecular weight is 360 g/mol. The van der Waals surface area contributed by atoms with E-state index in [1.165, 1.54) is 19.3 Å². The fourth-order valence-electron chi connectivity index (χ4n) is 2.98. The van der Waals surface area contributed by atoms with Crippen molar-refractivity contribution in [2.75, 3.05) is 0 Å². The molecule has 0 aliphatic heterocycles. The van der Waals surface area contributed by atoms with Crippen LogP contribution in [0.1, 0.15) is 122 Å². The summed E-state index contributed by atoms with van der Waals surface area (Å²) in [5.41, 5.74) is 0. The summed E-state index contributed by atoms with van der Waals surface area (Å²) in [6, 6.07) is 0. The Morgan fingerprint density at radius 1 is 0.720 bits per heavy atom. The van der Waals surface area contributed by atoms with Gasteiger partial charge in [-0.05, 0) is 42.9 Å². The summed E-state index contributed by atoms with van der Waals surface area (Å²) in [4.78, 5) is 0. The van der Waals surface area contributed by atoms with Gasteiger partial charge in [0.1, 0.15) is 0 Å². The van der Waals surface area contributed by atoms with E-state index in [0.717, 1.165) is 35.5 Å². The number of rotatable bonds is 4. The van der Waals surface area contributed by atoms with Crippen molar-refractivity contribution in [2.24, 2.45) is 23.7 Å². The molecular weight excluding hydrogens is 308 g/mol. The smallest absolute Gasteiger partial charge is 0.219 e. The minimum Gasteiger partial charge on any atom is -0.425 e.